The highest BCUT2D eigenvalue weighted by molar-refractivity contribution is 7.99. The van der Waals surface area contributed by atoms with Gasteiger partial charge in [0, 0.05) is 41.1 Å². The fourth-order valence-electron chi connectivity index (χ4n) is 2.70. The Morgan fingerprint density at radius 3 is 2.61 bits per heavy atom. The molecule has 1 heterocycles. The molecule has 0 aliphatic carbocycles. The van der Waals surface area contributed by atoms with Gasteiger partial charge in [0.2, 0.25) is 5.91 Å². The summed E-state index contributed by atoms with van der Waals surface area (Å²) in [6.07, 6.45) is 0. The van der Waals surface area contributed by atoms with Crippen LogP contribution in [-0.2, 0) is 21.3 Å². The number of anilines is 1. The second-order valence-corrected chi connectivity index (χ2v) is 7.26. The number of hydrogen-bond acceptors (Lipinski definition) is 5. The number of amides is 1. The van der Waals surface area contributed by atoms with Gasteiger partial charge in [-0.2, -0.15) is 0 Å². The van der Waals surface area contributed by atoms with E-state index in [0.29, 0.717) is 18.9 Å². The zero-order valence-corrected chi connectivity index (χ0v) is 16.6. The average Bonchev–Trinajstić information content (AvgIpc) is 2.71. The smallest absolute Gasteiger partial charge is 0.251 e. The van der Waals surface area contributed by atoms with Crippen molar-refractivity contribution in [2.45, 2.75) is 9.79 Å². The van der Waals surface area contributed by atoms with Crippen LogP contribution in [-0.4, -0.2) is 37.4 Å². The molecule has 0 radical (unpaired) electrons. The number of benzene rings is 2. The van der Waals surface area contributed by atoms with Crippen LogP contribution >= 0.6 is 11.8 Å². The number of methoxy groups -OCH3 is 1. The van der Waals surface area contributed by atoms with Crippen LogP contribution in [0.2, 0.25) is 0 Å². The van der Waals surface area contributed by atoms with Gasteiger partial charge in [0.1, 0.15) is 6.61 Å². The van der Waals surface area contributed by atoms with E-state index in [1.807, 2.05) is 48.5 Å². The van der Waals surface area contributed by atoms with Gasteiger partial charge >= 0.3 is 0 Å². The monoisotopic (exact) mass is 398 g/mol. The van der Waals surface area contributed by atoms with Crippen molar-refractivity contribution in [2.75, 3.05) is 32.2 Å². The summed E-state index contributed by atoms with van der Waals surface area (Å²) in [5.41, 5.74) is 1.55. The maximum atomic E-state index is 12.2. The maximum absolute atomic E-state index is 12.2. The van der Waals surface area contributed by atoms with Gasteiger partial charge in [-0.1, -0.05) is 30.0 Å². The summed E-state index contributed by atoms with van der Waals surface area (Å²) in [5.74, 6) is -0.214. The molecule has 6 nitrogen and oxygen atoms in total. The van der Waals surface area contributed by atoms with Crippen LogP contribution in [0.4, 0.5) is 5.69 Å². The van der Waals surface area contributed by atoms with Gasteiger partial charge in [0.25, 0.3) is 5.56 Å². The summed E-state index contributed by atoms with van der Waals surface area (Å²) < 4.78 is 11.7. The van der Waals surface area contributed by atoms with Gasteiger partial charge in [-0.05, 0) is 30.3 Å². The number of aryl methyl sites for hydroxylation is 1. The van der Waals surface area contributed by atoms with Crippen molar-refractivity contribution in [3.63, 3.8) is 0 Å². The molecule has 0 saturated carbocycles. The van der Waals surface area contributed by atoms with Crippen molar-refractivity contribution in [1.29, 1.82) is 0 Å². The SMILES string of the molecule is COCCOCC(=O)Nc1ccc(Sc2cc(=O)n(C)c3ccccc23)cc1. The zero-order valence-electron chi connectivity index (χ0n) is 15.8. The van der Waals surface area contributed by atoms with Crippen molar-refractivity contribution >= 4 is 34.3 Å². The number of fused-ring (bicyclic) bond motifs is 1. The third kappa shape index (κ3) is 5.01. The number of para-hydroxylation sites is 1. The molecular weight excluding hydrogens is 376 g/mol. The molecule has 0 aliphatic rings. The molecule has 0 aliphatic heterocycles. The minimum absolute atomic E-state index is 0.0147. The van der Waals surface area contributed by atoms with E-state index in [-0.39, 0.29) is 18.1 Å². The lowest BCUT2D eigenvalue weighted by Gasteiger charge is -2.10. The molecule has 0 spiro atoms. The van der Waals surface area contributed by atoms with Gasteiger partial charge in [-0.15, -0.1) is 0 Å². The third-order valence-corrected chi connectivity index (χ3v) is 5.21. The fourth-order valence-corrected chi connectivity index (χ4v) is 3.67. The second kappa shape index (κ2) is 9.54. The topological polar surface area (TPSA) is 69.6 Å². The molecule has 0 unspecified atom stereocenters. The number of ether oxygens (including phenoxy) is 2. The fraction of sp³-hybridized carbons (Fsp3) is 0.238. The molecule has 1 amide bonds. The Morgan fingerprint density at radius 2 is 1.86 bits per heavy atom. The van der Waals surface area contributed by atoms with Crippen LogP contribution in [0.25, 0.3) is 10.9 Å². The van der Waals surface area contributed by atoms with Crippen molar-refractivity contribution in [3.05, 3.63) is 65.0 Å². The summed E-state index contributed by atoms with van der Waals surface area (Å²) in [5, 5.41) is 3.82. The molecule has 1 N–H and O–H groups in total. The molecule has 0 atom stereocenters. The highest BCUT2D eigenvalue weighted by Gasteiger charge is 2.08. The number of carbonyl (C=O) groups excluding carboxylic acids is 1. The Hall–Kier alpha value is -2.61. The molecular formula is C21H22N2O4S. The van der Waals surface area contributed by atoms with E-state index < -0.39 is 0 Å². The molecule has 2 aromatic carbocycles. The van der Waals surface area contributed by atoms with Crippen molar-refractivity contribution in [3.8, 4) is 0 Å². The van der Waals surface area contributed by atoms with Gasteiger partial charge in [0.05, 0.1) is 18.7 Å². The standard InChI is InChI=1S/C21H22N2O4S/c1-23-18-6-4-3-5-17(18)19(13-21(23)25)28-16-9-7-15(8-10-16)22-20(24)14-27-12-11-26-2/h3-10,13H,11-12,14H2,1-2H3,(H,22,24). The first-order valence-electron chi connectivity index (χ1n) is 8.81. The quantitative estimate of drug-likeness (QED) is 0.590. The molecule has 3 aromatic rings. The highest BCUT2D eigenvalue weighted by atomic mass is 32.2. The van der Waals surface area contributed by atoms with E-state index in [2.05, 4.69) is 5.32 Å². The van der Waals surface area contributed by atoms with E-state index in [9.17, 15) is 9.59 Å². The molecule has 0 fully saturated rings. The van der Waals surface area contributed by atoms with E-state index in [1.165, 1.54) is 11.8 Å². The first-order chi connectivity index (χ1) is 13.6. The highest BCUT2D eigenvalue weighted by Crippen LogP contribution is 2.32. The molecule has 28 heavy (non-hydrogen) atoms. The largest absolute Gasteiger partial charge is 0.382 e. The minimum atomic E-state index is -0.214. The summed E-state index contributed by atoms with van der Waals surface area (Å²) >= 11 is 1.52. The number of rotatable bonds is 8. The Bertz CT molecular complexity index is 1020. The van der Waals surface area contributed by atoms with Crippen molar-refractivity contribution in [1.82, 2.24) is 4.57 Å². The maximum Gasteiger partial charge on any atom is 0.251 e. The predicted octanol–water partition coefficient (Wildman–Crippen LogP) is 3.29. The van der Waals surface area contributed by atoms with Gasteiger partial charge < -0.3 is 19.4 Å². The van der Waals surface area contributed by atoms with Crippen LogP contribution in [0.5, 0.6) is 0 Å². The lowest BCUT2D eigenvalue weighted by atomic mass is 10.2. The summed E-state index contributed by atoms with van der Waals surface area (Å²) in [6.45, 7) is 0.819. The predicted molar refractivity (Wildman–Crippen MR) is 111 cm³/mol. The third-order valence-electron chi connectivity index (χ3n) is 4.15. The number of hydrogen-bond donors (Lipinski definition) is 1. The lowest BCUT2D eigenvalue weighted by Crippen LogP contribution is -2.19. The molecule has 1 aromatic heterocycles. The van der Waals surface area contributed by atoms with Gasteiger partial charge in [0.15, 0.2) is 0 Å². The van der Waals surface area contributed by atoms with E-state index in [1.54, 1.807) is 24.8 Å². The Kier molecular flexibility index (Phi) is 6.86. The Labute approximate surface area is 167 Å². The van der Waals surface area contributed by atoms with Gasteiger partial charge in [-0.3, -0.25) is 9.59 Å². The Morgan fingerprint density at radius 1 is 1.11 bits per heavy atom. The van der Waals surface area contributed by atoms with Crippen molar-refractivity contribution in [2.24, 2.45) is 7.05 Å². The van der Waals surface area contributed by atoms with E-state index in [0.717, 1.165) is 20.7 Å². The molecule has 3 rings (SSSR count). The second-order valence-electron chi connectivity index (χ2n) is 6.14. The first-order valence-corrected chi connectivity index (χ1v) is 9.63. The van der Waals surface area contributed by atoms with Crippen LogP contribution in [0.3, 0.4) is 0 Å². The average molecular weight is 398 g/mol. The molecule has 0 bridgehead atoms. The zero-order chi connectivity index (χ0) is 19.9. The summed E-state index contributed by atoms with van der Waals surface area (Å²) in [7, 11) is 3.36. The minimum Gasteiger partial charge on any atom is -0.382 e. The number of aromatic nitrogens is 1. The summed E-state index contributed by atoms with van der Waals surface area (Å²) in [4.78, 5) is 26.0. The van der Waals surface area contributed by atoms with Crippen LogP contribution in [0.1, 0.15) is 0 Å². The summed E-state index contributed by atoms with van der Waals surface area (Å²) in [6, 6.07) is 17.0. The number of nitrogens with one attached hydrogen (secondary N) is 1. The number of carbonyl (C=O) groups is 1. The number of pyridine rings is 1. The molecule has 146 valence electrons. The van der Waals surface area contributed by atoms with Crippen molar-refractivity contribution < 1.29 is 14.3 Å². The number of nitrogens with zero attached hydrogens (tertiary/aromatic N) is 1. The van der Waals surface area contributed by atoms with Gasteiger partial charge in [-0.25, -0.2) is 0 Å². The van der Waals surface area contributed by atoms with E-state index >= 15 is 0 Å². The van der Waals surface area contributed by atoms with Crippen LogP contribution in [0, 0.1) is 0 Å². The lowest BCUT2D eigenvalue weighted by molar-refractivity contribution is -0.121. The molecule has 0 saturated heterocycles. The van der Waals surface area contributed by atoms with Crippen LogP contribution in [0.15, 0.2) is 69.2 Å². The Balaban J connectivity index is 1.68. The normalized spacial score (nSPS) is 10.9. The first kappa shape index (κ1) is 20.1. The van der Waals surface area contributed by atoms with E-state index in [4.69, 9.17) is 9.47 Å². The van der Waals surface area contributed by atoms with Crippen LogP contribution < -0.4 is 10.9 Å². The molecule has 7 heteroatoms.